The van der Waals surface area contributed by atoms with Gasteiger partial charge in [0, 0.05) is 5.92 Å². The number of ether oxygens (including phenoxy) is 2. The fourth-order valence-corrected chi connectivity index (χ4v) is 3.52. The van der Waals surface area contributed by atoms with Crippen molar-refractivity contribution in [2.75, 3.05) is 19.9 Å². The van der Waals surface area contributed by atoms with Crippen LogP contribution in [0.5, 0.6) is 0 Å². The third-order valence-electron chi connectivity index (χ3n) is 4.93. The zero-order valence-corrected chi connectivity index (χ0v) is 16.6. The van der Waals surface area contributed by atoms with Gasteiger partial charge in [-0.1, -0.05) is 55.5 Å². The Morgan fingerprint density at radius 1 is 1.03 bits per heavy atom. The first-order chi connectivity index (χ1) is 14.5. The number of benzene rings is 2. The standard InChI is InChI=1S/C22H24N2O6/c1-2-19(21(27)23-13-29-12-20(25)26)24-22(28)30-11-18-16-9-5-3-7-14(16)15-8-4-6-10-17(15)18/h3-10,18-19H,2,11-13H2,1H3,(H,23,27)(H,24,28)(H,25,26). The highest BCUT2D eigenvalue weighted by molar-refractivity contribution is 5.85. The molecule has 8 nitrogen and oxygen atoms in total. The van der Waals surface area contributed by atoms with Crippen LogP contribution in [0.25, 0.3) is 11.1 Å². The fourth-order valence-electron chi connectivity index (χ4n) is 3.52. The number of fused-ring (bicyclic) bond motifs is 3. The summed E-state index contributed by atoms with van der Waals surface area (Å²) in [7, 11) is 0. The Balaban J connectivity index is 1.55. The number of nitrogens with one attached hydrogen (secondary N) is 2. The summed E-state index contributed by atoms with van der Waals surface area (Å²) >= 11 is 0. The Hall–Kier alpha value is -3.39. The van der Waals surface area contributed by atoms with Gasteiger partial charge in [0.1, 0.15) is 26.0 Å². The van der Waals surface area contributed by atoms with Crippen LogP contribution in [0.3, 0.4) is 0 Å². The van der Waals surface area contributed by atoms with Crippen LogP contribution >= 0.6 is 0 Å². The highest BCUT2D eigenvalue weighted by Crippen LogP contribution is 2.44. The van der Waals surface area contributed by atoms with E-state index in [1.54, 1.807) is 6.92 Å². The SMILES string of the molecule is CCC(NC(=O)OCC1c2ccccc2-c2ccccc21)C(=O)NCOCC(=O)O. The van der Waals surface area contributed by atoms with Crippen molar-refractivity contribution in [2.24, 2.45) is 0 Å². The predicted octanol–water partition coefficient (Wildman–Crippen LogP) is 2.48. The van der Waals surface area contributed by atoms with Crippen LogP contribution in [0.4, 0.5) is 4.79 Å². The third-order valence-corrected chi connectivity index (χ3v) is 4.93. The van der Waals surface area contributed by atoms with Gasteiger partial charge in [0.2, 0.25) is 5.91 Å². The van der Waals surface area contributed by atoms with Crippen molar-refractivity contribution in [3.8, 4) is 11.1 Å². The van der Waals surface area contributed by atoms with Gasteiger partial charge in [0.25, 0.3) is 0 Å². The molecule has 1 atom stereocenters. The second kappa shape index (κ2) is 9.89. The average molecular weight is 412 g/mol. The van der Waals surface area contributed by atoms with Crippen LogP contribution in [0.2, 0.25) is 0 Å². The number of carboxylic acids is 1. The third kappa shape index (κ3) is 4.96. The van der Waals surface area contributed by atoms with Gasteiger partial charge in [-0.2, -0.15) is 0 Å². The molecule has 0 bridgehead atoms. The molecule has 1 aliphatic carbocycles. The molecule has 2 aromatic carbocycles. The van der Waals surface area contributed by atoms with Gasteiger partial charge < -0.3 is 25.2 Å². The Labute approximate surface area is 174 Å². The predicted molar refractivity (Wildman–Crippen MR) is 109 cm³/mol. The molecule has 0 saturated heterocycles. The fraction of sp³-hybridized carbons (Fsp3) is 0.318. The zero-order chi connectivity index (χ0) is 21.5. The van der Waals surface area contributed by atoms with E-state index in [1.807, 2.05) is 36.4 Å². The summed E-state index contributed by atoms with van der Waals surface area (Å²) < 4.78 is 10.2. The minimum absolute atomic E-state index is 0.0681. The van der Waals surface area contributed by atoms with Gasteiger partial charge in [0.05, 0.1) is 0 Å². The molecule has 0 spiro atoms. The quantitative estimate of drug-likeness (QED) is 0.431. The summed E-state index contributed by atoms with van der Waals surface area (Å²) in [6.07, 6.45) is -0.347. The molecular formula is C22H24N2O6. The summed E-state index contributed by atoms with van der Waals surface area (Å²) in [4.78, 5) is 34.8. The van der Waals surface area contributed by atoms with E-state index in [2.05, 4.69) is 22.8 Å². The molecule has 1 aliphatic rings. The van der Waals surface area contributed by atoms with Gasteiger partial charge in [-0.3, -0.25) is 4.79 Å². The minimum Gasteiger partial charge on any atom is -0.480 e. The number of aliphatic carboxylic acids is 1. The van der Waals surface area contributed by atoms with Crippen LogP contribution in [-0.2, 0) is 19.1 Å². The maximum Gasteiger partial charge on any atom is 0.407 e. The number of hydrogen-bond acceptors (Lipinski definition) is 5. The molecule has 8 heteroatoms. The van der Waals surface area contributed by atoms with Crippen molar-refractivity contribution < 1.29 is 29.0 Å². The van der Waals surface area contributed by atoms with E-state index in [4.69, 9.17) is 14.6 Å². The molecule has 2 amide bonds. The van der Waals surface area contributed by atoms with E-state index in [1.165, 1.54) is 0 Å². The normalized spacial score (nSPS) is 13.1. The van der Waals surface area contributed by atoms with E-state index in [0.717, 1.165) is 22.3 Å². The zero-order valence-electron chi connectivity index (χ0n) is 16.6. The van der Waals surface area contributed by atoms with Gasteiger partial charge in [0.15, 0.2) is 0 Å². The molecule has 0 radical (unpaired) electrons. The Bertz CT molecular complexity index is 884. The smallest absolute Gasteiger partial charge is 0.407 e. The van der Waals surface area contributed by atoms with E-state index >= 15 is 0 Å². The van der Waals surface area contributed by atoms with Crippen molar-refractivity contribution in [1.82, 2.24) is 10.6 Å². The average Bonchev–Trinajstić information content (AvgIpc) is 3.07. The summed E-state index contributed by atoms with van der Waals surface area (Å²) in [5, 5.41) is 13.5. The van der Waals surface area contributed by atoms with Crippen LogP contribution < -0.4 is 10.6 Å². The molecule has 0 fully saturated rings. The first kappa shape index (κ1) is 21.3. The summed E-state index contributed by atoms with van der Waals surface area (Å²) in [5.41, 5.74) is 4.47. The molecule has 2 aromatic rings. The van der Waals surface area contributed by atoms with Crippen molar-refractivity contribution in [2.45, 2.75) is 25.3 Å². The number of carbonyl (C=O) groups excluding carboxylic acids is 2. The highest BCUT2D eigenvalue weighted by Gasteiger charge is 2.29. The van der Waals surface area contributed by atoms with E-state index in [9.17, 15) is 14.4 Å². The summed E-state index contributed by atoms with van der Waals surface area (Å²) in [6, 6.07) is 15.2. The summed E-state index contributed by atoms with van der Waals surface area (Å²) in [6.45, 7) is 1.12. The Kier molecular flexibility index (Phi) is 7.03. The number of carboxylic acid groups (broad SMARTS) is 1. The Morgan fingerprint density at radius 2 is 1.63 bits per heavy atom. The van der Waals surface area contributed by atoms with Gasteiger partial charge in [-0.15, -0.1) is 0 Å². The van der Waals surface area contributed by atoms with Crippen LogP contribution in [0.15, 0.2) is 48.5 Å². The molecule has 3 rings (SSSR count). The lowest BCUT2D eigenvalue weighted by molar-refractivity contribution is -0.143. The van der Waals surface area contributed by atoms with E-state index in [-0.39, 0.29) is 19.3 Å². The van der Waals surface area contributed by atoms with Crippen molar-refractivity contribution in [1.29, 1.82) is 0 Å². The second-order valence-corrected chi connectivity index (χ2v) is 6.86. The van der Waals surface area contributed by atoms with Crippen LogP contribution in [-0.4, -0.2) is 49.1 Å². The molecule has 0 aliphatic heterocycles. The van der Waals surface area contributed by atoms with Crippen LogP contribution in [0, 0.1) is 0 Å². The number of amides is 2. The van der Waals surface area contributed by atoms with Gasteiger partial charge >= 0.3 is 12.1 Å². The maximum atomic E-state index is 12.3. The lowest BCUT2D eigenvalue weighted by atomic mass is 9.98. The highest BCUT2D eigenvalue weighted by atomic mass is 16.5. The molecule has 0 saturated carbocycles. The van der Waals surface area contributed by atoms with Gasteiger partial charge in [-0.25, -0.2) is 9.59 Å². The van der Waals surface area contributed by atoms with Crippen molar-refractivity contribution >= 4 is 18.0 Å². The molecule has 3 N–H and O–H groups in total. The monoisotopic (exact) mass is 412 g/mol. The van der Waals surface area contributed by atoms with E-state index in [0.29, 0.717) is 6.42 Å². The number of alkyl carbamates (subject to hydrolysis) is 1. The molecule has 1 unspecified atom stereocenters. The number of hydrogen-bond donors (Lipinski definition) is 3. The largest absolute Gasteiger partial charge is 0.480 e. The number of carbonyl (C=O) groups is 3. The second-order valence-electron chi connectivity index (χ2n) is 6.86. The van der Waals surface area contributed by atoms with Gasteiger partial charge in [-0.05, 0) is 28.7 Å². The minimum atomic E-state index is -1.13. The molecule has 0 aromatic heterocycles. The molecule has 0 heterocycles. The van der Waals surface area contributed by atoms with E-state index < -0.39 is 30.6 Å². The van der Waals surface area contributed by atoms with Crippen LogP contribution in [0.1, 0.15) is 30.4 Å². The number of rotatable bonds is 9. The lowest BCUT2D eigenvalue weighted by Crippen LogP contribution is -2.47. The first-order valence-electron chi connectivity index (χ1n) is 9.70. The van der Waals surface area contributed by atoms with Crippen molar-refractivity contribution in [3.63, 3.8) is 0 Å². The topological polar surface area (TPSA) is 114 Å². The lowest BCUT2D eigenvalue weighted by Gasteiger charge is -2.18. The molecule has 30 heavy (non-hydrogen) atoms. The summed E-state index contributed by atoms with van der Waals surface area (Å²) in [5.74, 6) is -1.68. The first-order valence-corrected chi connectivity index (χ1v) is 9.70. The molecule has 158 valence electrons. The molecular weight excluding hydrogens is 388 g/mol. The Morgan fingerprint density at radius 3 is 2.20 bits per heavy atom. The van der Waals surface area contributed by atoms with Crippen molar-refractivity contribution in [3.05, 3.63) is 59.7 Å². The maximum absolute atomic E-state index is 12.3.